The van der Waals surface area contributed by atoms with Gasteiger partial charge in [0.1, 0.15) is 0 Å². The van der Waals surface area contributed by atoms with E-state index in [-0.39, 0.29) is 0 Å². The van der Waals surface area contributed by atoms with Gasteiger partial charge in [-0.1, -0.05) is 12.8 Å². The number of aryl methyl sites for hydroxylation is 2. The van der Waals surface area contributed by atoms with Gasteiger partial charge in [0, 0.05) is 0 Å². The van der Waals surface area contributed by atoms with Crippen molar-refractivity contribution in [1.29, 1.82) is 0 Å². The van der Waals surface area contributed by atoms with Gasteiger partial charge in [-0.2, -0.15) is 0 Å². The molecule has 2 nitrogen and oxygen atoms in total. The van der Waals surface area contributed by atoms with Crippen LogP contribution in [-0.2, 0) is 13.5 Å². The number of hydrogen-bond donors (Lipinski definition) is 0. The molecule has 5 aromatic rings. The molecule has 186 valence electrons. The fourth-order valence-corrected chi connectivity index (χ4v) is 9.40. The summed E-state index contributed by atoms with van der Waals surface area (Å²) in [5.74, 6) is 10.3. The first kappa shape index (κ1) is 23.3. The van der Waals surface area contributed by atoms with Gasteiger partial charge in [0.25, 0.3) is 0 Å². The maximum atomic E-state index is 7.04. The Balaban J connectivity index is 1.58. The second-order valence-corrected chi connectivity index (χ2v) is 23.1. The maximum absolute atomic E-state index is 7.04. The van der Waals surface area contributed by atoms with E-state index in [1.165, 1.54) is 80.4 Å². The van der Waals surface area contributed by atoms with Gasteiger partial charge in [-0.25, -0.2) is 0 Å². The number of fused-ring (bicyclic) bond motifs is 5. The zero-order valence-electron chi connectivity index (χ0n) is 22.7. The van der Waals surface area contributed by atoms with Crippen molar-refractivity contribution in [1.82, 2.24) is 0 Å². The third-order valence-corrected chi connectivity index (χ3v) is 13.3. The Morgan fingerprint density at radius 1 is 0.892 bits per heavy atom. The molecule has 1 aliphatic heterocycles. The first-order valence-corrected chi connectivity index (χ1v) is 21.3. The zero-order valence-corrected chi connectivity index (χ0v) is 24.8. The molecule has 0 radical (unpaired) electrons. The summed E-state index contributed by atoms with van der Waals surface area (Å²) in [7, 11) is 2.20. The summed E-state index contributed by atoms with van der Waals surface area (Å²) in [6, 6.07) is 20.8. The van der Waals surface area contributed by atoms with Crippen LogP contribution in [0.4, 0.5) is 0 Å². The monoisotopic (exact) mass is 548 g/mol. The van der Waals surface area contributed by atoms with E-state index in [1.807, 2.05) is 0 Å². The SMILES string of the molecule is Cc1c2c(c(CC3CCCC3)c3ccccc13)Oc1cc3cc[c]([Ge]([CH3])([CH3])[CH3])cc3c3cc[n+](C)c-2c13. The molecule has 1 aliphatic carbocycles. The molecule has 0 amide bonds. The van der Waals surface area contributed by atoms with Crippen LogP contribution in [0.1, 0.15) is 36.8 Å². The molecule has 1 aromatic heterocycles. The first-order chi connectivity index (χ1) is 17.8. The fourth-order valence-electron chi connectivity index (χ4n) is 6.96. The van der Waals surface area contributed by atoms with Crippen LogP contribution in [0.5, 0.6) is 11.5 Å². The van der Waals surface area contributed by atoms with Crippen molar-refractivity contribution in [2.24, 2.45) is 13.0 Å². The van der Waals surface area contributed by atoms with Crippen molar-refractivity contribution in [3.63, 3.8) is 0 Å². The van der Waals surface area contributed by atoms with Gasteiger partial charge in [0.2, 0.25) is 0 Å². The number of aromatic nitrogens is 1. The van der Waals surface area contributed by atoms with Crippen molar-refractivity contribution in [2.45, 2.75) is 56.3 Å². The van der Waals surface area contributed by atoms with E-state index in [1.54, 1.807) is 4.40 Å². The molecule has 1 fully saturated rings. The summed E-state index contributed by atoms with van der Waals surface area (Å²) in [6.07, 6.45) is 8.76. The molecule has 3 heteroatoms. The van der Waals surface area contributed by atoms with Gasteiger partial charge in [-0.05, 0) is 0 Å². The number of benzene rings is 4. The minimum atomic E-state index is -1.97. The van der Waals surface area contributed by atoms with Gasteiger partial charge < -0.3 is 0 Å². The minimum absolute atomic E-state index is 0.753. The van der Waals surface area contributed by atoms with Crippen LogP contribution in [0.3, 0.4) is 0 Å². The Kier molecular flexibility index (Phi) is 5.24. The predicted molar refractivity (Wildman–Crippen MR) is 159 cm³/mol. The molecule has 4 aromatic carbocycles. The summed E-state index contributed by atoms with van der Waals surface area (Å²) in [5.41, 5.74) is 5.32. The number of pyridine rings is 1. The van der Waals surface area contributed by atoms with Crippen molar-refractivity contribution >= 4 is 50.0 Å². The van der Waals surface area contributed by atoms with E-state index in [4.69, 9.17) is 4.74 Å². The van der Waals surface area contributed by atoms with Crippen molar-refractivity contribution < 1.29 is 9.30 Å². The van der Waals surface area contributed by atoms with E-state index in [0.717, 1.165) is 23.8 Å². The quantitative estimate of drug-likeness (QED) is 0.123. The molecule has 0 atom stereocenters. The summed E-state index contributed by atoms with van der Waals surface area (Å²) >= 11 is -1.97. The van der Waals surface area contributed by atoms with Crippen molar-refractivity contribution in [2.75, 3.05) is 0 Å². The first-order valence-electron chi connectivity index (χ1n) is 13.9. The van der Waals surface area contributed by atoms with Crippen LogP contribution in [0.25, 0.3) is 43.6 Å². The number of hydrogen-bond acceptors (Lipinski definition) is 1. The molecule has 1 saturated carbocycles. The van der Waals surface area contributed by atoms with Gasteiger partial charge in [0.15, 0.2) is 0 Å². The molecule has 37 heavy (non-hydrogen) atoms. The standard InChI is InChI=1S/C34H36GeNO/c1-21-25-12-8-9-13-26(25)29(18-22-10-6-7-11-22)34-31(21)33-32-27(16-17-36(33)5)28-20-24(35(2,3)4)15-14-23(28)19-30(32)37-34/h8-9,12-17,19-20,22H,6-7,10-11,18H2,1-5H3/q+1. The number of rotatable bonds is 3. The van der Waals surface area contributed by atoms with Crippen LogP contribution in [-0.4, -0.2) is 13.3 Å². The van der Waals surface area contributed by atoms with Gasteiger partial charge in [-0.15, -0.1) is 0 Å². The molecule has 2 aliphatic rings. The molecular weight excluding hydrogens is 511 g/mol. The second-order valence-electron chi connectivity index (χ2n) is 12.4. The molecule has 2 heterocycles. The molecule has 0 saturated heterocycles. The zero-order chi connectivity index (χ0) is 25.5. The van der Waals surface area contributed by atoms with E-state index in [9.17, 15) is 0 Å². The number of ether oxygens (including phenoxy) is 1. The van der Waals surface area contributed by atoms with Crippen LogP contribution in [0, 0.1) is 12.8 Å². The third-order valence-electron chi connectivity index (χ3n) is 9.01. The Morgan fingerprint density at radius 3 is 2.41 bits per heavy atom. The molecule has 0 unspecified atom stereocenters. The molecule has 0 bridgehead atoms. The van der Waals surface area contributed by atoms with Gasteiger partial charge >= 0.3 is 210 Å². The number of nitrogens with zero attached hydrogens (tertiary/aromatic N) is 1. The fraction of sp³-hybridized carbons (Fsp3) is 0.324. The Hall–Kier alpha value is -2.85. The summed E-state index contributed by atoms with van der Waals surface area (Å²) in [5, 5.41) is 7.93. The van der Waals surface area contributed by atoms with Crippen molar-refractivity contribution in [3.05, 3.63) is 71.9 Å². The van der Waals surface area contributed by atoms with Gasteiger partial charge in [-0.3, -0.25) is 0 Å². The average molecular weight is 547 g/mol. The van der Waals surface area contributed by atoms with Crippen LogP contribution in [0.15, 0.2) is 60.8 Å². The Morgan fingerprint density at radius 2 is 1.65 bits per heavy atom. The summed E-state index contributed by atoms with van der Waals surface area (Å²) in [4.78, 5) is 0. The van der Waals surface area contributed by atoms with Crippen molar-refractivity contribution in [3.8, 4) is 22.8 Å². The summed E-state index contributed by atoms with van der Waals surface area (Å²) < 4.78 is 10.9. The Bertz CT molecular complexity index is 1740. The van der Waals surface area contributed by atoms with E-state index in [2.05, 4.69) is 96.6 Å². The normalized spacial score (nSPS) is 15.5. The van der Waals surface area contributed by atoms with Crippen LogP contribution >= 0.6 is 0 Å². The topological polar surface area (TPSA) is 13.1 Å². The van der Waals surface area contributed by atoms with Gasteiger partial charge in [0.05, 0.1) is 0 Å². The van der Waals surface area contributed by atoms with Crippen LogP contribution in [0.2, 0.25) is 17.3 Å². The Labute approximate surface area is 222 Å². The molecule has 7 rings (SSSR count). The average Bonchev–Trinajstić information content (AvgIpc) is 3.40. The molecule has 0 spiro atoms. The third kappa shape index (κ3) is 3.55. The second kappa shape index (κ2) is 8.33. The van der Waals surface area contributed by atoms with E-state index < -0.39 is 13.3 Å². The molecule has 0 N–H and O–H groups in total. The predicted octanol–water partition coefficient (Wildman–Crippen LogP) is 8.33. The van der Waals surface area contributed by atoms with E-state index in [0.29, 0.717) is 0 Å². The summed E-state index contributed by atoms with van der Waals surface area (Å²) in [6.45, 7) is 2.29. The van der Waals surface area contributed by atoms with Crippen LogP contribution < -0.4 is 13.7 Å². The van der Waals surface area contributed by atoms with E-state index >= 15 is 0 Å². The molecular formula is C34H36GeNO+.